The minimum Gasteiger partial charge on any atom is -0.307 e. The third kappa shape index (κ3) is 2.79. The van der Waals surface area contributed by atoms with E-state index in [0.29, 0.717) is 5.02 Å². The van der Waals surface area contributed by atoms with Crippen LogP contribution in [-0.2, 0) is 0 Å². The summed E-state index contributed by atoms with van der Waals surface area (Å²) in [5.41, 5.74) is 2.74. The molecular formula is C15H14ClN5. The highest BCUT2D eigenvalue weighted by molar-refractivity contribution is 6.30. The van der Waals surface area contributed by atoms with Crippen molar-refractivity contribution < 1.29 is 0 Å². The van der Waals surface area contributed by atoms with Gasteiger partial charge in [-0.05, 0) is 31.3 Å². The third-order valence-electron chi connectivity index (χ3n) is 3.21. The molecule has 1 unspecified atom stereocenters. The number of nitrogens with one attached hydrogen (secondary N) is 1. The summed E-state index contributed by atoms with van der Waals surface area (Å²) in [5, 5.41) is 12.1. The highest BCUT2D eigenvalue weighted by Gasteiger charge is 2.19. The Labute approximate surface area is 127 Å². The van der Waals surface area contributed by atoms with Gasteiger partial charge in [0, 0.05) is 6.20 Å². The molecule has 0 saturated carbocycles. The molecule has 0 aliphatic carbocycles. The molecule has 0 saturated heterocycles. The Kier molecular flexibility index (Phi) is 3.94. The average molecular weight is 300 g/mol. The van der Waals surface area contributed by atoms with E-state index >= 15 is 0 Å². The summed E-state index contributed by atoms with van der Waals surface area (Å²) in [6.45, 7) is 0. The molecule has 0 fully saturated rings. The minimum atomic E-state index is -0.113. The van der Waals surface area contributed by atoms with E-state index in [1.165, 1.54) is 0 Å². The van der Waals surface area contributed by atoms with Crippen LogP contribution >= 0.6 is 11.6 Å². The number of hydrogen-bond donors (Lipinski definition) is 1. The molecule has 0 radical (unpaired) electrons. The van der Waals surface area contributed by atoms with E-state index in [0.717, 1.165) is 17.1 Å². The second-order valence-electron chi connectivity index (χ2n) is 4.53. The number of hydrogen-bond acceptors (Lipinski definition) is 4. The topological polar surface area (TPSA) is 55.6 Å². The Morgan fingerprint density at radius 3 is 2.57 bits per heavy atom. The molecule has 3 rings (SSSR count). The van der Waals surface area contributed by atoms with Crippen LogP contribution in [0.5, 0.6) is 0 Å². The van der Waals surface area contributed by atoms with Gasteiger partial charge in [0.1, 0.15) is 0 Å². The van der Waals surface area contributed by atoms with Gasteiger partial charge in [-0.1, -0.05) is 35.0 Å². The van der Waals surface area contributed by atoms with Crippen LogP contribution in [0.25, 0.3) is 5.69 Å². The molecule has 5 nitrogen and oxygen atoms in total. The maximum atomic E-state index is 5.90. The Morgan fingerprint density at radius 1 is 1.10 bits per heavy atom. The number of pyridine rings is 1. The van der Waals surface area contributed by atoms with Crippen molar-refractivity contribution in [1.82, 2.24) is 25.3 Å². The van der Waals surface area contributed by atoms with Gasteiger partial charge in [-0.15, -0.1) is 5.10 Å². The fraction of sp³-hybridized carbons (Fsp3) is 0.133. The molecule has 3 aromatic rings. The number of benzene rings is 1. The van der Waals surface area contributed by atoms with Gasteiger partial charge in [0.25, 0.3) is 0 Å². The number of rotatable bonds is 4. The van der Waals surface area contributed by atoms with E-state index in [2.05, 4.69) is 20.6 Å². The lowest BCUT2D eigenvalue weighted by molar-refractivity contribution is 0.619. The quantitative estimate of drug-likeness (QED) is 0.804. The van der Waals surface area contributed by atoms with Gasteiger partial charge in [-0.3, -0.25) is 4.98 Å². The summed E-state index contributed by atoms with van der Waals surface area (Å²) in [6, 6.07) is 13.5. The zero-order chi connectivity index (χ0) is 14.7. The number of para-hydroxylation sites is 1. The molecule has 2 heterocycles. The summed E-state index contributed by atoms with van der Waals surface area (Å²) >= 11 is 5.90. The zero-order valence-electron chi connectivity index (χ0n) is 11.4. The van der Waals surface area contributed by atoms with Crippen molar-refractivity contribution in [3.8, 4) is 5.69 Å². The monoisotopic (exact) mass is 299 g/mol. The summed E-state index contributed by atoms with van der Waals surface area (Å²) < 4.78 is 1.80. The van der Waals surface area contributed by atoms with E-state index in [9.17, 15) is 0 Å². The number of aromatic nitrogens is 4. The maximum Gasteiger partial charge on any atom is 0.0940 e. The molecule has 0 aliphatic rings. The zero-order valence-corrected chi connectivity index (χ0v) is 12.2. The van der Waals surface area contributed by atoms with Gasteiger partial charge >= 0.3 is 0 Å². The van der Waals surface area contributed by atoms with Crippen LogP contribution in [0.2, 0.25) is 5.02 Å². The molecule has 0 amide bonds. The lowest BCUT2D eigenvalue weighted by Crippen LogP contribution is -2.22. The van der Waals surface area contributed by atoms with E-state index in [1.54, 1.807) is 17.1 Å². The van der Waals surface area contributed by atoms with Crippen LogP contribution in [-0.4, -0.2) is 27.0 Å². The highest BCUT2D eigenvalue weighted by atomic mass is 35.5. The molecular weight excluding hydrogens is 286 g/mol. The number of nitrogens with zero attached hydrogens (tertiary/aromatic N) is 4. The molecule has 6 heteroatoms. The van der Waals surface area contributed by atoms with Gasteiger partial charge in [0.05, 0.1) is 34.3 Å². The van der Waals surface area contributed by atoms with Gasteiger partial charge in [-0.25, -0.2) is 4.68 Å². The first kappa shape index (κ1) is 13.7. The van der Waals surface area contributed by atoms with Crippen molar-refractivity contribution in [2.45, 2.75) is 6.04 Å². The molecule has 0 bridgehead atoms. The summed E-state index contributed by atoms with van der Waals surface area (Å²) in [5.74, 6) is 0. The fourth-order valence-electron chi connectivity index (χ4n) is 2.21. The first-order valence-electron chi connectivity index (χ1n) is 6.54. The fourth-order valence-corrected chi connectivity index (χ4v) is 2.33. The molecule has 1 aromatic carbocycles. The lowest BCUT2D eigenvalue weighted by atomic mass is 10.1. The van der Waals surface area contributed by atoms with Crippen molar-refractivity contribution in [2.75, 3.05) is 7.05 Å². The van der Waals surface area contributed by atoms with E-state index < -0.39 is 0 Å². The van der Waals surface area contributed by atoms with Crippen molar-refractivity contribution in [2.24, 2.45) is 0 Å². The van der Waals surface area contributed by atoms with E-state index in [-0.39, 0.29) is 6.04 Å². The first-order valence-corrected chi connectivity index (χ1v) is 6.92. The summed E-state index contributed by atoms with van der Waals surface area (Å²) in [7, 11) is 1.88. The van der Waals surface area contributed by atoms with Crippen LogP contribution in [0.4, 0.5) is 0 Å². The number of halogens is 1. The van der Waals surface area contributed by atoms with Crippen LogP contribution < -0.4 is 5.32 Å². The maximum absolute atomic E-state index is 5.90. The molecule has 106 valence electrons. The predicted molar refractivity (Wildman–Crippen MR) is 81.5 cm³/mol. The van der Waals surface area contributed by atoms with Gasteiger partial charge in [0.15, 0.2) is 0 Å². The third-order valence-corrected chi connectivity index (χ3v) is 3.43. The molecule has 1 N–H and O–H groups in total. The van der Waals surface area contributed by atoms with Crippen LogP contribution in [0.15, 0.2) is 54.9 Å². The Hall–Kier alpha value is -2.24. The Morgan fingerprint density at radius 2 is 1.90 bits per heavy atom. The smallest absolute Gasteiger partial charge is 0.0940 e. The lowest BCUT2D eigenvalue weighted by Gasteiger charge is -2.16. The van der Waals surface area contributed by atoms with Crippen molar-refractivity contribution >= 4 is 11.6 Å². The summed E-state index contributed by atoms with van der Waals surface area (Å²) in [6.07, 6.45) is 3.38. The predicted octanol–water partition coefficient (Wildman–Crippen LogP) is 2.62. The Balaban J connectivity index is 2.03. The minimum absolute atomic E-state index is 0.113. The van der Waals surface area contributed by atoms with Crippen molar-refractivity contribution in [3.05, 3.63) is 71.3 Å². The second-order valence-corrected chi connectivity index (χ2v) is 4.97. The molecule has 2 aromatic heterocycles. The Bertz CT molecular complexity index is 708. The largest absolute Gasteiger partial charge is 0.307 e. The van der Waals surface area contributed by atoms with Gasteiger partial charge in [-0.2, -0.15) is 0 Å². The van der Waals surface area contributed by atoms with Gasteiger partial charge < -0.3 is 5.32 Å². The van der Waals surface area contributed by atoms with Crippen LogP contribution in [0.3, 0.4) is 0 Å². The molecule has 21 heavy (non-hydrogen) atoms. The standard InChI is InChI=1S/C15H14ClN5/c1-17-15(13-8-7-11(16)9-18-13)14-10-19-20-21(14)12-5-3-2-4-6-12/h2-10,15,17H,1H3. The van der Waals surface area contributed by atoms with E-state index in [1.807, 2.05) is 49.5 Å². The molecule has 0 spiro atoms. The van der Waals surface area contributed by atoms with E-state index in [4.69, 9.17) is 11.6 Å². The van der Waals surface area contributed by atoms with Crippen LogP contribution in [0, 0.1) is 0 Å². The van der Waals surface area contributed by atoms with Crippen LogP contribution in [0.1, 0.15) is 17.4 Å². The molecule has 0 aliphatic heterocycles. The first-order chi connectivity index (χ1) is 10.3. The molecule has 1 atom stereocenters. The average Bonchev–Trinajstić information content (AvgIpc) is 3.00. The second kappa shape index (κ2) is 6.03. The highest BCUT2D eigenvalue weighted by Crippen LogP contribution is 2.22. The SMILES string of the molecule is CNC(c1ccc(Cl)cn1)c1cnnn1-c1ccccc1. The normalized spacial score (nSPS) is 12.3. The van der Waals surface area contributed by atoms with Gasteiger partial charge in [0.2, 0.25) is 0 Å². The van der Waals surface area contributed by atoms with Crippen molar-refractivity contribution in [1.29, 1.82) is 0 Å². The van der Waals surface area contributed by atoms with Crippen molar-refractivity contribution in [3.63, 3.8) is 0 Å². The summed E-state index contributed by atoms with van der Waals surface area (Å²) in [4.78, 5) is 4.38.